The van der Waals surface area contributed by atoms with Crippen molar-refractivity contribution in [3.63, 3.8) is 0 Å². The first kappa shape index (κ1) is 19.2. The lowest BCUT2D eigenvalue weighted by Gasteiger charge is -2.40. The predicted molar refractivity (Wildman–Crippen MR) is 93.8 cm³/mol. The smallest absolute Gasteiger partial charge is 0.246 e. The lowest BCUT2D eigenvalue weighted by molar-refractivity contribution is -0.0846. The van der Waals surface area contributed by atoms with Crippen LogP contribution in [0.2, 0.25) is 0 Å². The number of hydrogen-bond acceptors (Lipinski definition) is 5. The first-order valence-corrected chi connectivity index (χ1v) is 10.7. The number of ether oxygens (including phenoxy) is 2. The molecule has 150 valence electrons. The highest BCUT2D eigenvalue weighted by Gasteiger charge is 2.47. The SMILES string of the molecule is O=S(=O)(c1ccc(F)cc1F)N1CCOC2(CCN(C3CCOCC3)C2)C1. The maximum Gasteiger partial charge on any atom is 0.246 e. The van der Waals surface area contributed by atoms with Crippen molar-refractivity contribution in [1.29, 1.82) is 0 Å². The molecule has 1 aromatic carbocycles. The van der Waals surface area contributed by atoms with Crippen LogP contribution in [0.3, 0.4) is 0 Å². The summed E-state index contributed by atoms with van der Waals surface area (Å²) in [6, 6.07) is 2.99. The summed E-state index contributed by atoms with van der Waals surface area (Å²) >= 11 is 0. The number of morpholine rings is 1. The molecule has 0 aromatic heterocycles. The normalized spacial score (nSPS) is 28.8. The average Bonchev–Trinajstić information content (AvgIpc) is 3.05. The van der Waals surface area contributed by atoms with E-state index in [2.05, 4.69) is 4.90 Å². The van der Waals surface area contributed by atoms with Crippen LogP contribution >= 0.6 is 0 Å². The van der Waals surface area contributed by atoms with E-state index in [0.29, 0.717) is 18.7 Å². The number of nitrogens with zero attached hydrogens (tertiary/aromatic N) is 2. The van der Waals surface area contributed by atoms with Crippen LogP contribution in [0.15, 0.2) is 23.1 Å². The molecule has 0 bridgehead atoms. The Bertz CT molecular complexity index is 801. The molecule has 3 saturated heterocycles. The van der Waals surface area contributed by atoms with Crippen molar-refractivity contribution in [2.45, 2.75) is 35.8 Å². The van der Waals surface area contributed by atoms with Gasteiger partial charge in [0.15, 0.2) is 0 Å². The van der Waals surface area contributed by atoms with Crippen molar-refractivity contribution in [2.75, 3.05) is 46.0 Å². The molecule has 0 amide bonds. The monoisotopic (exact) mass is 402 g/mol. The zero-order valence-corrected chi connectivity index (χ0v) is 15.9. The van der Waals surface area contributed by atoms with Crippen molar-refractivity contribution in [3.8, 4) is 0 Å². The van der Waals surface area contributed by atoms with Gasteiger partial charge in [-0.3, -0.25) is 4.90 Å². The Morgan fingerprint density at radius 2 is 1.85 bits per heavy atom. The topological polar surface area (TPSA) is 59.1 Å². The fourth-order valence-electron chi connectivity index (χ4n) is 4.32. The first-order valence-electron chi connectivity index (χ1n) is 9.31. The van der Waals surface area contributed by atoms with Gasteiger partial charge < -0.3 is 9.47 Å². The van der Waals surface area contributed by atoms with Crippen LogP contribution in [0.25, 0.3) is 0 Å². The predicted octanol–water partition coefficient (Wildman–Crippen LogP) is 1.61. The van der Waals surface area contributed by atoms with Gasteiger partial charge in [0, 0.05) is 51.5 Å². The molecule has 1 atom stereocenters. The Balaban J connectivity index is 1.51. The fourth-order valence-corrected chi connectivity index (χ4v) is 5.87. The number of benzene rings is 1. The van der Waals surface area contributed by atoms with Crippen molar-refractivity contribution >= 4 is 10.0 Å². The summed E-state index contributed by atoms with van der Waals surface area (Å²) in [6.45, 7) is 3.63. The van der Waals surface area contributed by atoms with Gasteiger partial charge in [0.1, 0.15) is 16.5 Å². The summed E-state index contributed by atoms with van der Waals surface area (Å²) in [7, 11) is -4.04. The summed E-state index contributed by atoms with van der Waals surface area (Å²) in [6.07, 6.45) is 2.68. The molecule has 3 aliphatic heterocycles. The van der Waals surface area contributed by atoms with Crippen molar-refractivity contribution in [2.24, 2.45) is 0 Å². The third-order valence-corrected chi connectivity index (χ3v) is 7.66. The van der Waals surface area contributed by atoms with Crippen LogP contribution in [-0.2, 0) is 19.5 Å². The molecule has 3 heterocycles. The molecule has 0 N–H and O–H groups in total. The molecule has 9 heteroatoms. The van der Waals surface area contributed by atoms with Gasteiger partial charge in [-0.15, -0.1) is 0 Å². The van der Waals surface area contributed by atoms with Gasteiger partial charge in [-0.25, -0.2) is 17.2 Å². The van der Waals surface area contributed by atoms with Gasteiger partial charge in [-0.05, 0) is 31.4 Å². The van der Waals surface area contributed by atoms with E-state index in [0.717, 1.165) is 51.2 Å². The maximum atomic E-state index is 14.1. The molecule has 0 aliphatic carbocycles. The third-order valence-electron chi connectivity index (χ3n) is 5.78. The first-order chi connectivity index (χ1) is 12.9. The minimum absolute atomic E-state index is 0.165. The van der Waals surface area contributed by atoms with E-state index in [4.69, 9.17) is 9.47 Å². The Labute approximate surface area is 158 Å². The minimum atomic E-state index is -4.04. The van der Waals surface area contributed by atoms with E-state index < -0.39 is 32.2 Å². The summed E-state index contributed by atoms with van der Waals surface area (Å²) < 4.78 is 65.8. The largest absolute Gasteiger partial charge is 0.381 e. The average molecular weight is 402 g/mol. The number of halogens is 2. The van der Waals surface area contributed by atoms with E-state index in [1.54, 1.807) is 0 Å². The highest BCUT2D eigenvalue weighted by Crippen LogP contribution is 2.34. The second-order valence-electron chi connectivity index (χ2n) is 7.51. The molecular formula is C18H24F2N2O4S. The Morgan fingerprint density at radius 1 is 1.07 bits per heavy atom. The summed E-state index contributed by atoms with van der Waals surface area (Å²) in [4.78, 5) is 1.87. The molecule has 1 unspecified atom stereocenters. The van der Waals surface area contributed by atoms with E-state index in [9.17, 15) is 17.2 Å². The van der Waals surface area contributed by atoms with Gasteiger partial charge in [-0.2, -0.15) is 4.31 Å². The third kappa shape index (κ3) is 3.75. The Morgan fingerprint density at radius 3 is 2.59 bits per heavy atom. The van der Waals surface area contributed by atoms with Crippen LogP contribution in [0.1, 0.15) is 19.3 Å². The summed E-state index contributed by atoms with van der Waals surface area (Å²) in [5, 5.41) is 0. The van der Waals surface area contributed by atoms with Crippen LogP contribution in [0.5, 0.6) is 0 Å². The molecule has 3 aliphatic rings. The van der Waals surface area contributed by atoms with Crippen LogP contribution < -0.4 is 0 Å². The molecule has 1 aromatic rings. The van der Waals surface area contributed by atoms with Crippen LogP contribution in [0, 0.1) is 11.6 Å². The highest BCUT2D eigenvalue weighted by molar-refractivity contribution is 7.89. The zero-order valence-electron chi connectivity index (χ0n) is 15.1. The fraction of sp³-hybridized carbons (Fsp3) is 0.667. The second kappa shape index (κ2) is 7.36. The molecule has 3 fully saturated rings. The number of hydrogen-bond donors (Lipinski definition) is 0. The van der Waals surface area contributed by atoms with Gasteiger partial charge in [0.25, 0.3) is 0 Å². The Hall–Kier alpha value is -1.13. The zero-order chi connectivity index (χ0) is 19.1. The maximum absolute atomic E-state index is 14.1. The number of sulfonamides is 1. The van der Waals surface area contributed by atoms with E-state index in [1.807, 2.05) is 0 Å². The van der Waals surface area contributed by atoms with Crippen LogP contribution in [0.4, 0.5) is 8.78 Å². The minimum Gasteiger partial charge on any atom is -0.381 e. The molecule has 4 rings (SSSR count). The van der Waals surface area contributed by atoms with Gasteiger partial charge >= 0.3 is 0 Å². The quantitative estimate of drug-likeness (QED) is 0.769. The van der Waals surface area contributed by atoms with Crippen molar-refractivity contribution in [1.82, 2.24) is 9.21 Å². The molecule has 1 spiro atoms. The van der Waals surface area contributed by atoms with Gasteiger partial charge in [-0.1, -0.05) is 0 Å². The Kier molecular flexibility index (Phi) is 5.24. The molecule has 0 saturated carbocycles. The van der Waals surface area contributed by atoms with E-state index >= 15 is 0 Å². The van der Waals surface area contributed by atoms with E-state index in [-0.39, 0.29) is 19.7 Å². The number of rotatable bonds is 3. The second-order valence-corrected chi connectivity index (χ2v) is 9.42. The number of likely N-dealkylation sites (tertiary alicyclic amines) is 1. The van der Waals surface area contributed by atoms with E-state index in [1.165, 1.54) is 4.31 Å². The lowest BCUT2D eigenvalue weighted by Crippen LogP contribution is -2.55. The van der Waals surface area contributed by atoms with Crippen molar-refractivity contribution in [3.05, 3.63) is 29.8 Å². The standard InChI is InChI=1S/C18H24F2N2O4S/c19-14-1-2-17(16(20)11-14)27(23,24)22-7-10-26-18(13-22)5-6-21(12-18)15-3-8-25-9-4-15/h1-2,11,15H,3-10,12-13H2. The summed E-state index contributed by atoms with van der Waals surface area (Å²) in [5.41, 5.74) is -0.569. The molecule has 6 nitrogen and oxygen atoms in total. The molecular weight excluding hydrogens is 378 g/mol. The molecule has 0 radical (unpaired) electrons. The van der Waals surface area contributed by atoms with Gasteiger partial charge in [0.2, 0.25) is 10.0 Å². The van der Waals surface area contributed by atoms with Gasteiger partial charge in [0.05, 0.1) is 12.2 Å². The van der Waals surface area contributed by atoms with Crippen molar-refractivity contribution < 1.29 is 26.7 Å². The summed E-state index contributed by atoms with van der Waals surface area (Å²) in [5.74, 6) is -1.86. The molecule has 27 heavy (non-hydrogen) atoms. The lowest BCUT2D eigenvalue weighted by atomic mass is 10.0. The van der Waals surface area contributed by atoms with Crippen LogP contribution in [-0.4, -0.2) is 75.3 Å². The highest BCUT2D eigenvalue weighted by atomic mass is 32.2.